The van der Waals surface area contributed by atoms with Gasteiger partial charge in [-0.1, -0.05) is 35.9 Å². The van der Waals surface area contributed by atoms with Gasteiger partial charge >= 0.3 is 0 Å². The van der Waals surface area contributed by atoms with Crippen LogP contribution in [0.3, 0.4) is 0 Å². The first-order valence-electron chi connectivity index (χ1n) is 5.27. The van der Waals surface area contributed by atoms with Gasteiger partial charge in [0.1, 0.15) is 12.4 Å². The van der Waals surface area contributed by atoms with Crippen molar-refractivity contribution in [3.05, 3.63) is 52.5 Å². The molecule has 2 aromatic carbocycles. The Morgan fingerprint density at radius 1 is 1.12 bits per heavy atom. The summed E-state index contributed by atoms with van der Waals surface area (Å²) in [5, 5.41) is 0.718. The largest absolute Gasteiger partial charge is 0.487 e. The molecule has 0 spiro atoms. The minimum Gasteiger partial charge on any atom is -0.487 e. The Hall–Kier alpha value is -1.47. The van der Waals surface area contributed by atoms with Crippen molar-refractivity contribution in [1.29, 1.82) is 0 Å². The van der Waals surface area contributed by atoms with E-state index in [4.69, 9.17) is 16.3 Å². The molecule has 2 heteroatoms. The van der Waals surface area contributed by atoms with Crippen LogP contribution in [0.25, 0.3) is 11.1 Å². The van der Waals surface area contributed by atoms with Gasteiger partial charge in [0.15, 0.2) is 0 Å². The van der Waals surface area contributed by atoms with Crippen LogP contribution in [0, 0.1) is 6.92 Å². The molecule has 0 aromatic heterocycles. The van der Waals surface area contributed by atoms with Crippen LogP contribution < -0.4 is 4.74 Å². The van der Waals surface area contributed by atoms with Gasteiger partial charge in [-0.3, -0.25) is 0 Å². The number of hydrogen-bond acceptors (Lipinski definition) is 1. The van der Waals surface area contributed by atoms with Crippen molar-refractivity contribution in [1.82, 2.24) is 0 Å². The van der Waals surface area contributed by atoms with Crippen molar-refractivity contribution in [2.75, 3.05) is 0 Å². The van der Waals surface area contributed by atoms with Gasteiger partial charge in [-0.25, -0.2) is 0 Å². The summed E-state index contributed by atoms with van der Waals surface area (Å²) in [5.41, 5.74) is 4.68. The molecule has 1 heterocycles. The molecule has 0 atom stereocenters. The van der Waals surface area contributed by atoms with Crippen molar-refractivity contribution in [2.45, 2.75) is 13.5 Å². The molecule has 1 aliphatic heterocycles. The lowest BCUT2D eigenvalue weighted by Crippen LogP contribution is -1.84. The van der Waals surface area contributed by atoms with E-state index in [0.29, 0.717) is 6.61 Å². The fourth-order valence-corrected chi connectivity index (χ4v) is 2.34. The number of aryl methyl sites for hydroxylation is 1. The minimum absolute atomic E-state index is 0.640. The molecule has 0 unspecified atom stereocenters. The second kappa shape index (κ2) is 3.53. The quantitative estimate of drug-likeness (QED) is 0.713. The Morgan fingerprint density at radius 3 is 2.75 bits per heavy atom. The zero-order valence-electron chi connectivity index (χ0n) is 8.96. The van der Waals surface area contributed by atoms with Crippen LogP contribution >= 0.6 is 11.6 Å². The van der Waals surface area contributed by atoms with E-state index in [9.17, 15) is 0 Å². The van der Waals surface area contributed by atoms with Crippen LogP contribution in [-0.4, -0.2) is 0 Å². The molecule has 3 rings (SSSR count). The van der Waals surface area contributed by atoms with Gasteiger partial charge in [0.2, 0.25) is 0 Å². The average molecular weight is 231 g/mol. The Morgan fingerprint density at radius 2 is 1.94 bits per heavy atom. The highest BCUT2D eigenvalue weighted by atomic mass is 35.5. The van der Waals surface area contributed by atoms with Crippen LogP contribution in [0.5, 0.6) is 5.75 Å². The maximum absolute atomic E-state index is 6.32. The third-order valence-corrected chi connectivity index (χ3v) is 3.32. The first-order valence-corrected chi connectivity index (χ1v) is 5.65. The van der Waals surface area contributed by atoms with Gasteiger partial charge in [0.25, 0.3) is 0 Å². The summed E-state index contributed by atoms with van der Waals surface area (Å²) in [7, 11) is 0. The molecule has 0 aliphatic carbocycles. The van der Waals surface area contributed by atoms with E-state index in [1.54, 1.807) is 0 Å². The number of hydrogen-bond donors (Lipinski definition) is 0. The molecule has 1 nitrogen and oxygen atoms in total. The summed E-state index contributed by atoms with van der Waals surface area (Å²) in [5.74, 6) is 0.803. The molecule has 0 amide bonds. The fraction of sp³-hybridized carbons (Fsp3) is 0.143. The van der Waals surface area contributed by atoms with Gasteiger partial charge < -0.3 is 4.74 Å². The summed E-state index contributed by atoms with van der Waals surface area (Å²) >= 11 is 6.32. The Labute approximate surface area is 99.6 Å². The summed E-state index contributed by atoms with van der Waals surface area (Å²) in [6, 6.07) is 12.4. The van der Waals surface area contributed by atoms with E-state index >= 15 is 0 Å². The Balaban J connectivity index is 2.25. The molecule has 16 heavy (non-hydrogen) atoms. The molecule has 0 N–H and O–H groups in total. The van der Waals surface area contributed by atoms with Crippen molar-refractivity contribution in [3.63, 3.8) is 0 Å². The monoisotopic (exact) mass is 230 g/mol. The fourth-order valence-electron chi connectivity index (χ4n) is 2.08. The van der Waals surface area contributed by atoms with Crippen molar-refractivity contribution < 1.29 is 4.74 Å². The molecular weight excluding hydrogens is 220 g/mol. The van der Waals surface area contributed by atoms with Crippen molar-refractivity contribution in [3.8, 4) is 16.9 Å². The SMILES string of the molecule is Cc1ccccc1-c1cc2cc(c1Cl)OC2. The zero-order valence-corrected chi connectivity index (χ0v) is 9.71. The summed E-state index contributed by atoms with van der Waals surface area (Å²) in [6.45, 7) is 2.73. The highest BCUT2D eigenvalue weighted by Gasteiger charge is 2.17. The van der Waals surface area contributed by atoms with E-state index < -0.39 is 0 Å². The molecule has 2 bridgehead atoms. The number of halogens is 1. The smallest absolute Gasteiger partial charge is 0.139 e. The topological polar surface area (TPSA) is 9.23 Å². The van der Waals surface area contributed by atoms with Gasteiger partial charge in [0.05, 0.1) is 5.02 Å². The van der Waals surface area contributed by atoms with Gasteiger partial charge in [-0.15, -0.1) is 0 Å². The molecule has 2 aromatic rings. The van der Waals surface area contributed by atoms with Gasteiger partial charge in [0, 0.05) is 5.56 Å². The second-order valence-electron chi connectivity index (χ2n) is 4.06. The normalized spacial score (nSPS) is 12.6. The van der Waals surface area contributed by atoms with Crippen LogP contribution in [0.1, 0.15) is 11.1 Å². The lowest BCUT2D eigenvalue weighted by molar-refractivity contribution is 0.328. The average Bonchev–Trinajstić information content (AvgIpc) is 2.69. The first kappa shape index (κ1) is 9.73. The molecule has 1 aliphatic rings. The van der Waals surface area contributed by atoms with E-state index in [1.165, 1.54) is 16.7 Å². The molecule has 0 radical (unpaired) electrons. The number of benzene rings is 2. The predicted octanol–water partition coefficient (Wildman–Crippen LogP) is 4.21. The molecule has 0 saturated heterocycles. The minimum atomic E-state index is 0.640. The van der Waals surface area contributed by atoms with Crippen LogP contribution in [0.4, 0.5) is 0 Å². The third-order valence-electron chi connectivity index (χ3n) is 2.93. The molecule has 0 fully saturated rings. The summed E-state index contributed by atoms with van der Waals surface area (Å²) < 4.78 is 5.48. The maximum Gasteiger partial charge on any atom is 0.139 e. The maximum atomic E-state index is 6.32. The Bertz CT molecular complexity index is 561. The van der Waals surface area contributed by atoms with E-state index in [-0.39, 0.29) is 0 Å². The van der Waals surface area contributed by atoms with E-state index in [0.717, 1.165) is 16.3 Å². The third kappa shape index (κ3) is 1.40. The standard InChI is InChI=1S/C14H11ClO/c1-9-4-2-3-5-11(9)12-6-10-7-13(14(12)15)16-8-10/h2-7H,8H2,1H3. The van der Waals surface area contributed by atoms with E-state index in [2.05, 4.69) is 25.1 Å². The molecule has 80 valence electrons. The second-order valence-corrected chi connectivity index (χ2v) is 4.44. The number of fused-ring (bicyclic) bond motifs is 2. The van der Waals surface area contributed by atoms with Crippen molar-refractivity contribution in [2.24, 2.45) is 0 Å². The lowest BCUT2D eigenvalue weighted by Gasteiger charge is -2.08. The van der Waals surface area contributed by atoms with Crippen LogP contribution in [0.2, 0.25) is 5.02 Å². The summed E-state index contributed by atoms with van der Waals surface area (Å²) in [6.07, 6.45) is 0. The predicted molar refractivity (Wildman–Crippen MR) is 66.0 cm³/mol. The van der Waals surface area contributed by atoms with Crippen molar-refractivity contribution >= 4 is 11.6 Å². The number of rotatable bonds is 1. The highest BCUT2D eigenvalue weighted by Crippen LogP contribution is 2.41. The van der Waals surface area contributed by atoms with Crippen LogP contribution in [0.15, 0.2) is 36.4 Å². The van der Waals surface area contributed by atoms with Gasteiger partial charge in [-0.05, 0) is 35.7 Å². The molecule has 0 saturated carbocycles. The first-order chi connectivity index (χ1) is 7.75. The Kier molecular flexibility index (Phi) is 2.15. The van der Waals surface area contributed by atoms with Crippen LogP contribution in [-0.2, 0) is 6.61 Å². The summed E-state index contributed by atoms with van der Waals surface area (Å²) in [4.78, 5) is 0. The lowest BCUT2D eigenvalue weighted by atomic mass is 9.99. The highest BCUT2D eigenvalue weighted by molar-refractivity contribution is 6.35. The molecular formula is C14H11ClO. The van der Waals surface area contributed by atoms with E-state index in [1.807, 2.05) is 18.2 Å². The number of ether oxygens (including phenoxy) is 1. The zero-order chi connectivity index (χ0) is 11.1. The van der Waals surface area contributed by atoms with Gasteiger partial charge in [-0.2, -0.15) is 0 Å².